The SMILES string of the molecule is CCc1nnc(NS(=O)(=O)c2c(Cl)cc(N)cc2Cl)s1. The highest BCUT2D eigenvalue weighted by Crippen LogP contribution is 2.33. The molecule has 1 heterocycles. The highest BCUT2D eigenvalue weighted by molar-refractivity contribution is 7.93. The number of nitrogen functional groups attached to an aromatic ring is 1. The van der Waals surface area contributed by atoms with Gasteiger partial charge in [-0.25, -0.2) is 8.42 Å². The van der Waals surface area contributed by atoms with E-state index >= 15 is 0 Å². The molecule has 2 rings (SSSR count). The van der Waals surface area contributed by atoms with Crippen LogP contribution in [0.3, 0.4) is 0 Å². The first-order valence-corrected chi connectivity index (χ1v) is 8.48. The Balaban J connectivity index is 2.40. The molecule has 0 bridgehead atoms. The Morgan fingerprint density at radius 2 is 1.90 bits per heavy atom. The lowest BCUT2D eigenvalue weighted by atomic mass is 10.3. The fourth-order valence-corrected chi connectivity index (χ4v) is 4.58. The van der Waals surface area contributed by atoms with Crippen molar-refractivity contribution in [1.82, 2.24) is 10.2 Å². The van der Waals surface area contributed by atoms with E-state index in [-0.39, 0.29) is 25.8 Å². The summed E-state index contributed by atoms with van der Waals surface area (Å²) in [5.74, 6) is 0. The predicted molar refractivity (Wildman–Crippen MR) is 81.0 cm³/mol. The zero-order valence-corrected chi connectivity index (χ0v) is 13.4. The van der Waals surface area contributed by atoms with E-state index in [9.17, 15) is 8.42 Å². The van der Waals surface area contributed by atoms with E-state index in [2.05, 4.69) is 14.9 Å². The minimum absolute atomic E-state index is 0.0530. The standard InChI is InChI=1S/C10H10Cl2N4O2S2/c1-2-8-14-15-10(19-8)16-20(17,18)9-6(11)3-5(13)4-7(9)12/h3-4H,2,13H2,1H3,(H,15,16). The van der Waals surface area contributed by atoms with Gasteiger partial charge in [-0.3, -0.25) is 4.72 Å². The third-order valence-electron chi connectivity index (χ3n) is 2.28. The van der Waals surface area contributed by atoms with Crippen LogP contribution in [0.4, 0.5) is 10.8 Å². The van der Waals surface area contributed by atoms with Crippen LogP contribution in [0.5, 0.6) is 0 Å². The quantitative estimate of drug-likeness (QED) is 0.824. The van der Waals surface area contributed by atoms with Crippen LogP contribution in [0.1, 0.15) is 11.9 Å². The van der Waals surface area contributed by atoms with Gasteiger partial charge in [0.25, 0.3) is 10.0 Å². The second-order valence-electron chi connectivity index (χ2n) is 3.77. The maximum absolute atomic E-state index is 12.3. The van der Waals surface area contributed by atoms with Crippen LogP contribution in [-0.2, 0) is 16.4 Å². The number of benzene rings is 1. The molecular formula is C10H10Cl2N4O2S2. The Labute approximate surface area is 130 Å². The molecule has 6 nitrogen and oxygen atoms in total. The zero-order valence-electron chi connectivity index (χ0n) is 10.2. The summed E-state index contributed by atoms with van der Waals surface area (Å²) in [5.41, 5.74) is 5.82. The van der Waals surface area contributed by atoms with Crippen LogP contribution >= 0.6 is 34.5 Å². The van der Waals surface area contributed by atoms with Crippen LogP contribution in [0, 0.1) is 0 Å². The normalized spacial score (nSPS) is 11.6. The number of aromatic nitrogens is 2. The molecule has 3 N–H and O–H groups in total. The van der Waals surface area contributed by atoms with Crippen molar-refractivity contribution in [3.63, 3.8) is 0 Å². The van der Waals surface area contributed by atoms with Gasteiger partial charge < -0.3 is 5.73 Å². The molecule has 1 aromatic heterocycles. The number of rotatable bonds is 4. The van der Waals surface area contributed by atoms with Gasteiger partial charge in [-0.15, -0.1) is 10.2 Å². The summed E-state index contributed by atoms with van der Waals surface area (Å²) in [5, 5.41) is 8.34. The van der Waals surface area contributed by atoms with Gasteiger partial charge in [0.2, 0.25) is 5.13 Å². The van der Waals surface area contributed by atoms with Crippen LogP contribution in [0.25, 0.3) is 0 Å². The minimum atomic E-state index is -3.95. The van der Waals surface area contributed by atoms with Gasteiger partial charge in [0.05, 0.1) is 10.0 Å². The number of halogens is 2. The Morgan fingerprint density at radius 1 is 1.30 bits per heavy atom. The Morgan fingerprint density at radius 3 is 2.40 bits per heavy atom. The lowest BCUT2D eigenvalue weighted by molar-refractivity contribution is 0.601. The third-order valence-corrected chi connectivity index (χ3v) is 5.65. The molecule has 0 saturated carbocycles. The van der Waals surface area contributed by atoms with Crippen LogP contribution in [0.15, 0.2) is 17.0 Å². The minimum Gasteiger partial charge on any atom is -0.399 e. The number of nitrogens with one attached hydrogen (secondary N) is 1. The average molecular weight is 353 g/mol. The van der Waals surface area contributed by atoms with Crippen molar-refractivity contribution >= 4 is 55.4 Å². The topological polar surface area (TPSA) is 98.0 Å². The Kier molecular flexibility index (Phi) is 4.38. The third kappa shape index (κ3) is 3.14. The number of anilines is 2. The van der Waals surface area contributed by atoms with Gasteiger partial charge in [0.15, 0.2) is 0 Å². The lowest BCUT2D eigenvalue weighted by Crippen LogP contribution is -2.14. The molecule has 0 aliphatic carbocycles. The lowest BCUT2D eigenvalue weighted by Gasteiger charge is -2.09. The first-order chi connectivity index (χ1) is 9.33. The van der Waals surface area contributed by atoms with Crippen molar-refractivity contribution < 1.29 is 8.42 Å². The van der Waals surface area contributed by atoms with E-state index in [0.717, 1.165) is 16.3 Å². The first-order valence-electron chi connectivity index (χ1n) is 5.43. The van der Waals surface area contributed by atoms with Crippen molar-refractivity contribution in [1.29, 1.82) is 0 Å². The molecule has 20 heavy (non-hydrogen) atoms. The van der Waals surface area contributed by atoms with Gasteiger partial charge >= 0.3 is 0 Å². The first kappa shape index (κ1) is 15.3. The summed E-state index contributed by atoms with van der Waals surface area (Å²) < 4.78 is 26.8. The molecule has 1 aromatic carbocycles. The smallest absolute Gasteiger partial charge is 0.266 e. The largest absolute Gasteiger partial charge is 0.399 e. The Bertz CT molecular complexity index is 722. The van der Waals surface area contributed by atoms with Crippen molar-refractivity contribution in [3.05, 3.63) is 27.2 Å². The van der Waals surface area contributed by atoms with E-state index in [1.807, 2.05) is 6.92 Å². The summed E-state index contributed by atoms with van der Waals surface area (Å²) in [6, 6.07) is 2.64. The van der Waals surface area contributed by atoms with Gasteiger partial charge in [0, 0.05) is 5.69 Å². The molecule has 0 fully saturated rings. The van der Waals surface area contributed by atoms with E-state index in [1.165, 1.54) is 12.1 Å². The van der Waals surface area contributed by atoms with Gasteiger partial charge in [-0.1, -0.05) is 41.5 Å². The van der Waals surface area contributed by atoms with E-state index in [4.69, 9.17) is 28.9 Å². The maximum atomic E-state index is 12.3. The number of nitrogens with zero attached hydrogens (tertiary/aromatic N) is 2. The second-order valence-corrected chi connectivity index (χ2v) is 7.27. The number of aryl methyl sites for hydroxylation is 1. The van der Waals surface area contributed by atoms with Crippen molar-refractivity contribution in [3.8, 4) is 0 Å². The molecule has 10 heteroatoms. The molecule has 0 spiro atoms. The summed E-state index contributed by atoms with van der Waals surface area (Å²) in [4.78, 5) is -0.233. The molecule has 108 valence electrons. The van der Waals surface area contributed by atoms with Crippen molar-refractivity contribution in [2.24, 2.45) is 0 Å². The molecule has 0 aliphatic heterocycles. The molecule has 0 atom stereocenters. The second kappa shape index (κ2) is 5.72. The fraction of sp³-hybridized carbons (Fsp3) is 0.200. The summed E-state index contributed by atoms with van der Waals surface area (Å²) in [7, 11) is -3.95. The van der Waals surface area contributed by atoms with Crippen molar-refractivity contribution in [2.75, 3.05) is 10.5 Å². The number of sulfonamides is 1. The summed E-state index contributed by atoms with van der Waals surface area (Å²) >= 11 is 12.9. The molecule has 0 unspecified atom stereocenters. The number of nitrogens with two attached hydrogens (primary N) is 1. The van der Waals surface area contributed by atoms with E-state index < -0.39 is 10.0 Å². The van der Waals surface area contributed by atoms with Crippen LogP contribution < -0.4 is 10.5 Å². The van der Waals surface area contributed by atoms with Crippen LogP contribution in [0.2, 0.25) is 10.0 Å². The average Bonchev–Trinajstić information content (AvgIpc) is 2.73. The van der Waals surface area contributed by atoms with Gasteiger partial charge in [-0.05, 0) is 18.6 Å². The molecule has 0 aliphatic rings. The number of hydrogen-bond donors (Lipinski definition) is 2. The fourth-order valence-electron chi connectivity index (χ4n) is 1.44. The van der Waals surface area contributed by atoms with Gasteiger partial charge in [-0.2, -0.15) is 0 Å². The molecule has 2 aromatic rings. The highest BCUT2D eigenvalue weighted by atomic mass is 35.5. The van der Waals surface area contributed by atoms with Crippen LogP contribution in [-0.4, -0.2) is 18.6 Å². The zero-order chi connectivity index (χ0) is 14.9. The van der Waals surface area contributed by atoms with E-state index in [0.29, 0.717) is 6.42 Å². The summed E-state index contributed by atoms with van der Waals surface area (Å²) in [6.45, 7) is 1.90. The Hall–Kier alpha value is -1.09. The predicted octanol–water partition coefficient (Wildman–Crippen LogP) is 2.79. The molecule has 0 radical (unpaired) electrons. The highest BCUT2D eigenvalue weighted by Gasteiger charge is 2.23. The molecular weight excluding hydrogens is 343 g/mol. The van der Waals surface area contributed by atoms with E-state index in [1.54, 1.807) is 0 Å². The van der Waals surface area contributed by atoms with Gasteiger partial charge in [0.1, 0.15) is 9.90 Å². The maximum Gasteiger partial charge on any atom is 0.266 e. The van der Waals surface area contributed by atoms with Crippen molar-refractivity contribution in [2.45, 2.75) is 18.2 Å². The molecule has 0 amide bonds. The summed E-state index contributed by atoms with van der Waals surface area (Å²) in [6.07, 6.45) is 0.669. The number of hydrogen-bond acceptors (Lipinski definition) is 6. The monoisotopic (exact) mass is 352 g/mol. The molecule has 0 saturated heterocycles.